The molecule has 0 aliphatic heterocycles. The van der Waals surface area contributed by atoms with Crippen LogP contribution in [0.25, 0.3) is 53.7 Å². The molecule has 5 aromatic rings. The molecule has 0 amide bonds. The number of thiophene rings is 4. The summed E-state index contributed by atoms with van der Waals surface area (Å²) >= 11 is 6.06. The SMILES string of the molecule is CCO.CCOC(=O)/C(=C\c1cc(C)cs1)N=[N+]=[N-].CCOC(=O)/C(=C\c1cc(C)cs1)N=[N+]=[N-].CCOC(=O)CN=[N+]=[N-].CCOC(=O)c1cc2scc(C)c2[nH]1.Cc1csc(C=O)c1.[H-].[Na+]. The molecule has 0 spiro atoms. The van der Waals surface area contributed by atoms with Gasteiger partial charge in [-0.15, -0.1) is 45.3 Å². The zero-order valence-electron chi connectivity index (χ0n) is 39.9. The second kappa shape index (κ2) is 38.4. The molecule has 25 heteroatoms. The molecule has 67 heavy (non-hydrogen) atoms. The Kier molecular flexibility index (Phi) is 36.3. The third kappa shape index (κ3) is 27.5. The third-order valence-corrected chi connectivity index (χ3v) is 10.8. The molecule has 0 bridgehead atoms. The van der Waals surface area contributed by atoms with Crippen molar-refractivity contribution >= 4 is 97.9 Å². The monoisotopic (exact) mass is 1010 g/mol. The van der Waals surface area contributed by atoms with Crippen molar-refractivity contribution in [1.29, 1.82) is 0 Å². The number of H-pyrrole nitrogens is 1. The van der Waals surface area contributed by atoms with E-state index in [1.54, 1.807) is 46.0 Å². The minimum atomic E-state index is -0.605. The summed E-state index contributed by atoms with van der Waals surface area (Å²) in [6.07, 6.45) is 3.92. The van der Waals surface area contributed by atoms with Crippen LogP contribution in [0.15, 0.2) is 72.5 Å². The molecule has 0 aromatic carbocycles. The van der Waals surface area contributed by atoms with Crippen molar-refractivity contribution in [3.63, 3.8) is 0 Å². The van der Waals surface area contributed by atoms with E-state index in [4.69, 9.17) is 35.9 Å². The number of aliphatic hydroxyl groups excluding tert-OH is 1. The quantitative estimate of drug-likeness (QED) is 0.0155. The fourth-order valence-corrected chi connectivity index (χ4v) is 7.54. The van der Waals surface area contributed by atoms with Crippen molar-refractivity contribution in [3.05, 3.63) is 131 Å². The maximum Gasteiger partial charge on any atom is 1.00 e. The van der Waals surface area contributed by atoms with Gasteiger partial charge >= 0.3 is 53.4 Å². The average molecular weight is 1010 g/mol. The van der Waals surface area contributed by atoms with Gasteiger partial charge in [0.05, 0.1) is 41.5 Å². The standard InChI is InChI=1S/2C10H11N3O2S.C10H11NO2S.C6H6OS.C4H7N3O2.C2H6O.Na.H/c2*1-3-15-10(14)9(12-13-11)5-8-4-7(2)6-16-8;1-3-13-10(12)7-4-8-9(11-7)6(2)5-14-8;1-5-2-6(3-7)8-4-5;1-2-9-4(8)3-6-7-5;1-2-3;;/h2*4-6H,3H2,1-2H3;4-5,11H,3H2,1-2H3;2-4H,1H3;2-3H2,1H3;3H,2H2,1H3;;/q;;;;;;+1;-1/b2*9-5+;;;;;;. The summed E-state index contributed by atoms with van der Waals surface area (Å²) < 4.78 is 20.0. The number of aromatic amines is 1. The van der Waals surface area contributed by atoms with E-state index in [9.17, 15) is 24.0 Å². The molecule has 0 aliphatic rings. The van der Waals surface area contributed by atoms with Gasteiger partial charge < -0.3 is 30.5 Å². The van der Waals surface area contributed by atoms with Crippen molar-refractivity contribution in [2.75, 3.05) is 39.6 Å². The zero-order valence-corrected chi connectivity index (χ0v) is 44.1. The molecule has 5 rings (SSSR count). The smallest absolute Gasteiger partial charge is 1.00 e. The predicted molar refractivity (Wildman–Crippen MR) is 261 cm³/mol. The first-order valence-electron chi connectivity index (χ1n) is 19.6. The molecule has 0 fully saturated rings. The molecule has 0 atom stereocenters. The molecule has 2 N–H and O–H groups in total. The van der Waals surface area contributed by atoms with Crippen LogP contribution >= 0.6 is 45.3 Å². The number of azide groups is 3. The van der Waals surface area contributed by atoms with E-state index in [2.05, 4.69) is 45.2 Å². The van der Waals surface area contributed by atoms with Crippen LogP contribution in [-0.2, 0) is 33.3 Å². The molecule has 356 valence electrons. The van der Waals surface area contributed by atoms with Crippen molar-refractivity contribution in [1.82, 2.24) is 4.98 Å². The molecule has 0 saturated carbocycles. The number of aryl methyl sites for hydroxylation is 4. The van der Waals surface area contributed by atoms with Crippen LogP contribution < -0.4 is 29.6 Å². The largest absolute Gasteiger partial charge is 1.00 e. The van der Waals surface area contributed by atoms with Crippen LogP contribution in [0.3, 0.4) is 0 Å². The van der Waals surface area contributed by atoms with Crippen LogP contribution in [0.2, 0.25) is 0 Å². The summed E-state index contributed by atoms with van der Waals surface area (Å²) in [4.78, 5) is 67.7. The van der Waals surface area contributed by atoms with Crippen molar-refractivity contribution in [2.45, 2.75) is 62.3 Å². The Morgan fingerprint density at radius 3 is 1.43 bits per heavy atom. The van der Waals surface area contributed by atoms with Crippen LogP contribution in [0.4, 0.5) is 0 Å². The fraction of sp³-hybridized carbons (Fsp3) is 0.357. The fourth-order valence-electron chi connectivity index (χ4n) is 4.25. The molecule has 5 aromatic heterocycles. The summed E-state index contributed by atoms with van der Waals surface area (Å²) in [6.45, 7) is 17.7. The number of aliphatic hydroxyl groups is 1. The Hall–Kier alpha value is -5.74. The molecule has 0 saturated heterocycles. The number of carbonyl (C=O) groups is 5. The van der Waals surface area contributed by atoms with Gasteiger partial charge in [0.25, 0.3) is 0 Å². The number of aldehydes is 1. The second-order valence-corrected chi connectivity index (χ2v) is 15.9. The molecule has 20 nitrogen and oxygen atoms in total. The van der Waals surface area contributed by atoms with Gasteiger partial charge in [0.1, 0.15) is 23.6 Å². The van der Waals surface area contributed by atoms with Gasteiger partial charge in [0.15, 0.2) is 6.29 Å². The Morgan fingerprint density at radius 2 is 1.10 bits per heavy atom. The van der Waals surface area contributed by atoms with Crippen molar-refractivity contribution in [2.24, 2.45) is 15.3 Å². The first-order chi connectivity index (χ1) is 31.6. The zero-order chi connectivity index (χ0) is 49.9. The van der Waals surface area contributed by atoms with Crippen LogP contribution in [-0.4, -0.2) is 79.8 Å². The van der Waals surface area contributed by atoms with E-state index in [1.807, 2.05) is 68.1 Å². The van der Waals surface area contributed by atoms with Gasteiger partial charge in [-0.05, 0) is 159 Å². The number of ether oxygens (including phenoxy) is 4. The van der Waals surface area contributed by atoms with E-state index >= 15 is 0 Å². The second-order valence-electron chi connectivity index (χ2n) is 12.1. The first-order valence-corrected chi connectivity index (χ1v) is 23.1. The van der Waals surface area contributed by atoms with E-state index in [0.717, 1.165) is 47.8 Å². The summed E-state index contributed by atoms with van der Waals surface area (Å²) in [5, 5.41) is 25.1. The van der Waals surface area contributed by atoms with Gasteiger partial charge in [0.2, 0.25) is 0 Å². The molecular weight excluding hydrogens is 956 g/mol. The summed E-state index contributed by atoms with van der Waals surface area (Å²) in [6, 6.07) is 7.51. The predicted octanol–water partition coefficient (Wildman–Crippen LogP) is 9.10. The number of hydrogen-bond acceptors (Lipinski definition) is 17. The number of nitrogens with one attached hydrogen (secondary N) is 1. The van der Waals surface area contributed by atoms with E-state index in [1.165, 1.54) is 51.7 Å². The molecule has 0 aliphatic carbocycles. The number of rotatable bonds is 14. The Balaban J connectivity index is -0.000000775. The van der Waals surface area contributed by atoms with Crippen LogP contribution in [0.1, 0.15) is 88.2 Å². The number of esters is 4. The van der Waals surface area contributed by atoms with Crippen LogP contribution in [0, 0.1) is 27.7 Å². The summed E-state index contributed by atoms with van der Waals surface area (Å²) in [5.74, 6) is -1.98. The van der Waals surface area contributed by atoms with Gasteiger partial charge in [-0.3, -0.25) is 9.59 Å². The number of fused-ring (bicyclic) bond motifs is 1. The number of hydrogen-bond donors (Lipinski definition) is 2. The maximum absolute atomic E-state index is 11.4. The Labute approximate surface area is 427 Å². The number of nitrogens with zero attached hydrogens (tertiary/aromatic N) is 9. The van der Waals surface area contributed by atoms with E-state index in [0.29, 0.717) is 18.9 Å². The maximum atomic E-state index is 11.4. The molecule has 0 unspecified atom stereocenters. The van der Waals surface area contributed by atoms with E-state index < -0.39 is 17.9 Å². The average Bonchev–Trinajstić information content (AvgIpc) is 4.14. The molecule has 0 radical (unpaired) electrons. The van der Waals surface area contributed by atoms with Crippen molar-refractivity contribution < 1.29 is 79.0 Å². The third-order valence-electron chi connectivity index (χ3n) is 6.80. The summed E-state index contributed by atoms with van der Waals surface area (Å²) in [5.41, 5.74) is 30.5. The van der Waals surface area contributed by atoms with Gasteiger partial charge in [-0.2, -0.15) is 0 Å². The van der Waals surface area contributed by atoms with E-state index in [-0.39, 0.29) is 74.7 Å². The number of aromatic nitrogens is 1. The van der Waals surface area contributed by atoms with Crippen LogP contribution in [0.5, 0.6) is 0 Å². The number of carbonyl (C=O) groups excluding carboxylic acids is 5. The van der Waals surface area contributed by atoms with Gasteiger partial charge in [-0.1, -0.05) is 15.3 Å². The Morgan fingerprint density at radius 1 is 0.672 bits per heavy atom. The first kappa shape index (κ1) is 63.3. The van der Waals surface area contributed by atoms with Gasteiger partial charge in [0, 0.05) is 31.1 Å². The molecular formula is C42H53N10NaO10S4. The topological polar surface area (TPSA) is 305 Å². The minimum Gasteiger partial charge on any atom is -1.00 e. The normalized spacial score (nSPS) is 9.76. The van der Waals surface area contributed by atoms with Crippen molar-refractivity contribution in [3.8, 4) is 0 Å². The molecule has 5 heterocycles. The summed E-state index contributed by atoms with van der Waals surface area (Å²) in [7, 11) is 0. The Bertz CT molecular complexity index is 2430. The van der Waals surface area contributed by atoms with Gasteiger partial charge in [-0.25, -0.2) is 14.4 Å². The minimum absolute atomic E-state index is 0.